The van der Waals surface area contributed by atoms with Gasteiger partial charge in [-0.2, -0.15) is 13.2 Å². The van der Waals surface area contributed by atoms with Gasteiger partial charge in [0.25, 0.3) is 5.91 Å². The summed E-state index contributed by atoms with van der Waals surface area (Å²) in [7, 11) is 0. The zero-order valence-corrected chi connectivity index (χ0v) is 13.8. The van der Waals surface area contributed by atoms with Crippen molar-refractivity contribution >= 4 is 5.91 Å². The molecule has 0 bridgehead atoms. The highest BCUT2D eigenvalue weighted by Crippen LogP contribution is 2.29. The van der Waals surface area contributed by atoms with E-state index < -0.39 is 17.6 Å². The molecule has 0 aliphatic carbocycles. The summed E-state index contributed by atoms with van der Waals surface area (Å²) in [4.78, 5) is 15.5. The van der Waals surface area contributed by atoms with Gasteiger partial charge in [-0.25, -0.2) is 9.67 Å². The second-order valence-electron chi connectivity index (χ2n) is 5.54. The Morgan fingerprint density at radius 2 is 1.74 bits per heavy atom. The fourth-order valence-corrected chi connectivity index (χ4v) is 2.37. The van der Waals surface area contributed by atoms with Crippen LogP contribution in [-0.2, 0) is 17.4 Å². The Labute approximate surface area is 151 Å². The van der Waals surface area contributed by atoms with Crippen molar-refractivity contribution in [1.82, 2.24) is 14.8 Å². The van der Waals surface area contributed by atoms with E-state index >= 15 is 0 Å². The molecule has 0 fully saturated rings. The molecule has 7 nitrogen and oxygen atoms in total. The first-order valence-corrected chi connectivity index (χ1v) is 7.69. The number of nitrogens with two attached hydrogens (primary N) is 1. The Balaban J connectivity index is 1.76. The molecule has 0 spiro atoms. The summed E-state index contributed by atoms with van der Waals surface area (Å²) in [5.41, 5.74) is 1.14. The van der Waals surface area contributed by atoms with Crippen LogP contribution in [0.4, 0.5) is 13.2 Å². The Morgan fingerprint density at radius 3 is 2.33 bits per heavy atom. The standard InChI is InChI=1S/C17H13F3N6O/c18-17(19,20)13-5-7-14(8-6-13)26-10-22-16(24-26)12-3-1-11(2-4-12)9-15(27)23-25-21/h1-8,10H,9H2,(H2,21,23,27). The molecule has 3 rings (SSSR count). The van der Waals surface area contributed by atoms with Crippen molar-refractivity contribution in [2.75, 3.05) is 0 Å². The van der Waals surface area contributed by atoms with E-state index in [2.05, 4.69) is 20.4 Å². The van der Waals surface area contributed by atoms with Gasteiger partial charge in [-0.05, 0) is 29.8 Å². The fourth-order valence-electron chi connectivity index (χ4n) is 2.37. The Kier molecular flexibility index (Phi) is 4.97. The van der Waals surface area contributed by atoms with E-state index in [0.717, 1.165) is 17.7 Å². The van der Waals surface area contributed by atoms with Crippen LogP contribution in [0.3, 0.4) is 0 Å². The molecular weight excluding hydrogens is 361 g/mol. The molecule has 1 amide bonds. The van der Waals surface area contributed by atoms with E-state index in [4.69, 9.17) is 5.84 Å². The molecule has 138 valence electrons. The van der Waals surface area contributed by atoms with Crippen molar-refractivity contribution in [3.8, 4) is 17.1 Å². The highest BCUT2D eigenvalue weighted by molar-refractivity contribution is 5.79. The van der Waals surface area contributed by atoms with Gasteiger partial charge >= 0.3 is 6.18 Å². The maximum Gasteiger partial charge on any atom is 0.416 e. The van der Waals surface area contributed by atoms with Gasteiger partial charge < -0.3 is 5.84 Å². The zero-order chi connectivity index (χ0) is 19.4. The lowest BCUT2D eigenvalue weighted by Gasteiger charge is -2.07. The molecule has 2 aromatic carbocycles. The minimum absolute atomic E-state index is 0.0639. The minimum atomic E-state index is -4.39. The predicted molar refractivity (Wildman–Crippen MR) is 89.6 cm³/mol. The molecule has 0 aliphatic heterocycles. The third-order valence-corrected chi connectivity index (χ3v) is 3.69. The summed E-state index contributed by atoms with van der Waals surface area (Å²) in [6, 6.07) is 11.5. The first-order chi connectivity index (χ1) is 12.9. The summed E-state index contributed by atoms with van der Waals surface area (Å²) in [5, 5.41) is 10.4. The molecule has 0 aliphatic rings. The van der Waals surface area contributed by atoms with Crippen LogP contribution in [-0.4, -0.2) is 20.7 Å². The molecule has 3 aromatic rings. The number of benzene rings is 2. The van der Waals surface area contributed by atoms with Crippen molar-refractivity contribution in [3.05, 3.63) is 66.0 Å². The molecule has 10 heteroatoms. The molecule has 0 radical (unpaired) electrons. The Hall–Kier alpha value is -3.56. The van der Waals surface area contributed by atoms with Crippen LogP contribution in [0.5, 0.6) is 0 Å². The number of nitrogens with zero attached hydrogens (tertiary/aromatic N) is 5. The van der Waals surface area contributed by atoms with Crippen LogP contribution in [0.25, 0.3) is 17.1 Å². The second-order valence-corrected chi connectivity index (χ2v) is 5.54. The quantitative estimate of drug-likeness (QED) is 0.430. The monoisotopic (exact) mass is 374 g/mol. The largest absolute Gasteiger partial charge is 0.416 e. The SMILES string of the molecule is NN=NC(=O)Cc1ccc(-c2ncn(-c3ccc(C(F)(F)F)cc3)n2)cc1. The molecule has 0 unspecified atom stereocenters. The van der Waals surface area contributed by atoms with Gasteiger partial charge in [-0.15, -0.1) is 5.10 Å². The molecular formula is C17H13F3N6O. The Bertz CT molecular complexity index is 962. The van der Waals surface area contributed by atoms with Crippen LogP contribution in [0, 0.1) is 0 Å². The lowest BCUT2D eigenvalue weighted by molar-refractivity contribution is -0.137. The van der Waals surface area contributed by atoms with Gasteiger partial charge in [0.15, 0.2) is 5.82 Å². The van der Waals surface area contributed by atoms with Gasteiger partial charge in [0.1, 0.15) is 6.33 Å². The number of amides is 1. The van der Waals surface area contributed by atoms with Crippen LogP contribution in [0.2, 0.25) is 0 Å². The first kappa shape index (κ1) is 18.2. The van der Waals surface area contributed by atoms with E-state index in [9.17, 15) is 18.0 Å². The van der Waals surface area contributed by atoms with Crippen molar-refractivity contribution in [1.29, 1.82) is 0 Å². The fraction of sp³-hybridized carbons (Fsp3) is 0.118. The molecule has 2 N–H and O–H groups in total. The van der Waals surface area contributed by atoms with Crippen LogP contribution < -0.4 is 5.84 Å². The predicted octanol–water partition coefficient (Wildman–Crippen LogP) is 3.35. The van der Waals surface area contributed by atoms with E-state index in [1.807, 2.05) is 0 Å². The molecule has 0 atom stereocenters. The lowest BCUT2D eigenvalue weighted by atomic mass is 10.1. The smallest absolute Gasteiger partial charge is 0.304 e. The van der Waals surface area contributed by atoms with E-state index in [1.54, 1.807) is 24.3 Å². The topological polar surface area (TPSA) is 98.5 Å². The summed E-state index contributed by atoms with van der Waals surface area (Å²) in [6.45, 7) is 0. The van der Waals surface area contributed by atoms with Gasteiger partial charge in [0.2, 0.25) is 0 Å². The summed E-state index contributed by atoms with van der Waals surface area (Å²) in [5.74, 6) is 4.76. The van der Waals surface area contributed by atoms with Crippen LogP contribution >= 0.6 is 0 Å². The number of hydrogen-bond donors (Lipinski definition) is 1. The van der Waals surface area contributed by atoms with Crippen LogP contribution in [0.1, 0.15) is 11.1 Å². The van der Waals surface area contributed by atoms with Crippen molar-refractivity contribution in [2.24, 2.45) is 16.2 Å². The minimum Gasteiger partial charge on any atom is -0.304 e. The first-order valence-electron chi connectivity index (χ1n) is 7.69. The van der Waals surface area contributed by atoms with E-state index in [0.29, 0.717) is 17.1 Å². The zero-order valence-electron chi connectivity index (χ0n) is 13.8. The van der Waals surface area contributed by atoms with Crippen LogP contribution in [0.15, 0.2) is 65.2 Å². The van der Waals surface area contributed by atoms with E-state index in [1.165, 1.54) is 23.1 Å². The maximum atomic E-state index is 12.6. The third-order valence-electron chi connectivity index (χ3n) is 3.69. The normalized spacial score (nSPS) is 11.8. The third kappa shape index (κ3) is 4.35. The van der Waals surface area contributed by atoms with Gasteiger partial charge in [-0.1, -0.05) is 34.6 Å². The van der Waals surface area contributed by atoms with Gasteiger partial charge in [0.05, 0.1) is 17.7 Å². The summed E-state index contributed by atoms with van der Waals surface area (Å²) >= 11 is 0. The van der Waals surface area contributed by atoms with E-state index in [-0.39, 0.29) is 6.42 Å². The highest BCUT2D eigenvalue weighted by Gasteiger charge is 2.30. The number of carbonyl (C=O) groups excluding carboxylic acids is 1. The molecule has 1 aromatic heterocycles. The molecule has 0 saturated heterocycles. The highest BCUT2D eigenvalue weighted by atomic mass is 19.4. The average Bonchev–Trinajstić information content (AvgIpc) is 3.12. The maximum absolute atomic E-state index is 12.6. The molecule has 27 heavy (non-hydrogen) atoms. The van der Waals surface area contributed by atoms with Crippen molar-refractivity contribution in [3.63, 3.8) is 0 Å². The lowest BCUT2D eigenvalue weighted by Crippen LogP contribution is -2.05. The number of alkyl halides is 3. The summed E-state index contributed by atoms with van der Waals surface area (Å²) < 4.78 is 39.3. The number of aromatic nitrogens is 3. The van der Waals surface area contributed by atoms with Gasteiger partial charge in [-0.3, -0.25) is 4.79 Å². The molecule has 0 saturated carbocycles. The number of rotatable bonds is 4. The number of hydrogen-bond acceptors (Lipinski definition) is 4. The number of carbonyl (C=O) groups is 1. The number of halogens is 3. The average molecular weight is 374 g/mol. The van der Waals surface area contributed by atoms with Gasteiger partial charge in [0, 0.05) is 5.56 Å². The van der Waals surface area contributed by atoms with Crippen molar-refractivity contribution < 1.29 is 18.0 Å². The molecule has 1 heterocycles. The Morgan fingerprint density at radius 1 is 1.07 bits per heavy atom. The second kappa shape index (κ2) is 7.36. The van der Waals surface area contributed by atoms with Crippen molar-refractivity contribution in [2.45, 2.75) is 12.6 Å². The summed E-state index contributed by atoms with van der Waals surface area (Å²) in [6.07, 6.45) is -2.91.